The topological polar surface area (TPSA) is 12.4 Å². The van der Waals surface area contributed by atoms with E-state index in [2.05, 4.69) is 30.2 Å². The standard InChI is InChI=1S/C8H8ClNS2/c1-5-4-6(9)2-3-7(5)10-8(11)12/h2-4H,1H3,(H2,10,11,12)/p-2. The third-order valence-electron chi connectivity index (χ3n) is 1.37. The lowest BCUT2D eigenvalue weighted by molar-refractivity contribution is 1.41. The largest absolute Gasteiger partial charge is 0.788 e. The number of aryl methyl sites for hydroxylation is 1. The molecule has 0 aromatic heterocycles. The molecule has 0 fully saturated rings. The highest BCUT2D eigenvalue weighted by Gasteiger charge is 1.94. The molecule has 12 heavy (non-hydrogen) atoms. The summed E-state index contributed by atoms with van der Waals surface area (Å²) in [6, 6.07) is 5.39. The first-order valence-corrected chi connectivity index (χ1v) is 4.48. The number of benzene rings is 1. The van der Waals surface area contributed by atoms with Crippen LogP contribution in [-0.2, 0) is 25.3 Å². The molecule has 0 amide bonds. The molecule has 0 spiro atoms. The van der Waals surface area contributed by atoms with E-state index in [1.165, 1.54) is 0 Å². The van der Waals surface area contributed by atoms with Crippen molar-refractivity contribution in [2.45, 2.75) is 6.92 Å². The fourth-order valence-electron chi connectivity index (χ4n) is 0.843. The molecule has 0 unspecified atom stereocenters. The number of hydrogen-bond donors (Lipinski definition) is 0. The summed E-state index contributed by atoms with van der Waals surface area (Å²) in [4.78, 5) is 3.99. The minimum Gasteiger partial charge on any atom is -0.788 e. The van der Waals surface area contributed by atoms with Gasteiger partial charge in [-0.2, -0.15) is 0 Å². The molecule has 0 saturated carbocycles. The summed E-state index contributed by atoms with van der Waals surface area (Å²) in [5.74, 6) is 0. The van der Waals surface area contributed by atoms with Crippen LogP contribution >= 0.6 is 11.6 Å². The molecule has 4 heteroatoms. The van der Waals surface area contributed by atoms with Gasteiger partial charge in [0.2, 0.25) is 0 Å². The average molecular weight is 216 g/mol. The van der Waals surface area contributed by atoms with Crippen LogP contribution in [0, 0.1) is 6.92 Å². The third-order valence-corrected chi connectivity index (χ3v) is 1.79. The van der Waals surface area contributed by atoms with Crippen LogP contribution in [-0.4, -0.2) is 4.38 Å². The van der Waals surface area contributed by atoms with Crippen molar-refractivity contribution >= 4 is 46.9 Å². The zero-order valence-corrected chi connectivity index (χ0v) is 8.76. The smallest absolute Gasteiger partial charge is 0.0616 e. The Balaban J connectivity index is 3.10. The van der Waals surface area contributed by atoms with Crippen LogP contribution in [0.1, 0.15) is 5.56 Å². The van der Waals surface area contributed by atoms with Crippen LogP contribution < -0.4 is 0 Å². The second kappa shape index (κ2) is 4.03. The summed E-state index contributed by atoms with van der Waals surface area (Å²) < 4.78 is 0.223. The number of halogens is 1. The van der Waals surface area contributed by atoms with E-state index in [9.17, 15) is 0 Å². The maximum absolute atomic E-state index is 5.75. The lowest BCUT2D eigenvalue weighted by Gasteiger charge is -2.16. The van der Waals surface area contributed by atoms with Crippen LogP contribution in [0.2, 0.25) is 5.02 Å². The summed E-state index contributed by atoms with van der Waals surface area (Å²) in [6.45, 7) is 1.92. The maximum atomic E-state index is 5.75. The zero-order valence-electron chi connectivity index (χ0n) is 6.37. The van der Waals surface area contributed by atoms with Gasteiger partial charge in [-0.05, 0) is 30.7 Å². The molecule has 0 heterocycles. The second-order valence-corrected chi connectivity index (χ2v) is 3.78. The SMILES string of the molecule is Cc1cc(Cl)ccc1N=C([S-])[S-]. The van der Waals surface area contributed by atoms with Crippen molar-refractivity contribution in [3.8, 4) is 0 Å². The molecule has 0 atom stereocenters. The summed E-state index contributed by atoms with van der Waals surface area (Å²) >= 11 is 15.1. The van der Waals surface area contributed by atoms with E-state index in [4.69, 9.17) is 11.6 Å². The Morgan fingerprint density at radius 3 is 2.58 bits per heavy atom. The van der Waals surface area contributed by atoms with E-state index in [0.29, 0.717) is 5.02 Å². The molecule has 0 bridgehead atoms. The lowest BCUT2D eigenvalue weighted by atomic mass is 10.2. The molecule has 64 valence electrons. The fraction of sp³-hybridized carbons (Fsp3) is 0.125. The maximum Gasteiger partial charge on any atom is 0.0616 e. The first-order valence-electron chi connectivity index (χ1n) is 3.28. The number of nitrogens with zero attached hydrogens (tertiary/aromatic N) is 1. The fourth-order valence-corrected chi connectivity index (χ4v) is 1.27. The van der Waals surface area contributed by atoms with Gasteiger partial charge >= 0.3 is 0 Å². The van der Waals surface area contributed by atoms with Gasteiger partial charge in [-0.15, -0.1) is 0 Å². The van der Waals surface area contributed by atoms with Crippen molar-refractivity contribution in [1.29, 1.82) is 0 Å². The van der Waals surface area contributed by atoms with E-state index in [0.717, 1.165) is 11.3 Å². The van der Waals surface area contributed by atoms with E-state index in [1.807, 2.05) is 13.0 Å². The highest BCUT2D eigenvalue weighted by Crippen LogP contribution is 2.22. The summed E-state index contributed by atoms with van der Waals surface area (Å²) in [6.07, 6.45) is 0. The van der Waals surface area contributed by atoms with Gasteiger partial charge in [0.1, 0.15) is 0 Å². The molecular formula is C8H6ClNS2-2. The molecule has 0 aliphatic rings. The van der Waals surface area contributed by atoms with Crippen LogP contribution in [0.4, 0.5) is 5.69 Å². The Kier molecular flexibility index (Phi) is 3.26. The molecule has 1 aromatic rings. The van der Waals surface area contributed by atoms with Crippen molar-refractivity contribution in [2.24, 2.45) is 4.99 Å². The molecule has 0 saturated heterocycles. The Morgan fingerprint density at radius 2 is 2.08 bits per heavy atom. The number of rotatable bonds is 1. The van der Waals surface area contributed by atoms with Crippen LogP contribution in [0.3, 0.4) is 0 Å². The Morgan fingerprint density at radius 1 is 1.42 bits per heavy atom. The Labute approximate surface area is 87.7 Å². The van der Waals surface area contributed by atoms with Gasteiger partial charge in [0.05, 0.1) is 5.69 Å². The van der Waals surface area contributed by atoms with Crippen molar-refractivity contribution in [1.82, 2.24) is 0 Å². The minimum absolute atomic E-state index is 0.223. The van der Waals surface area contributed by atoms with Gasteiger partial charge < -0.3 is 30.2 Å². The Bertz CT molecular complexity index is 319. The predicted molar refractivity (Wildman–Crippen MR) is 58.0 cm³/mol. The van der Waals surface area contributed by atoms with Crippen LogP contribution in [0.5, 0.6) is 0 Å². The number of aliphatic imine (C=N–C) groups is 1. The van der Waals surface area contributed by atoms with E-state index in [1.54, 1.807) is 12.1 Å². The van der Waals surface area contributed by atoms with Gasteiger partial charge in [-0.1, -0.05) is 11.6 Å². The quantitative estimate of drug-likeness (QED) is 0.406. The van der Waals surface area contributed by atoms with E-state index < -0.39 is 0 Å². The molecule has 1 nitrogen and oxygen atoms in total. The highest BCUT2D eigenvalue weighted by atomic mass is 35.5. The first kappa shape index (κ1) is 9.71. The molecule has 0 aliphatic heterocycles. The van der Waals surface area contributed by atoms with E-state index in [-0.39, 0.29) is 4.38 Å². The number of hydrogen-bond acceptors (Lipinski definition) is 3. The van der Waals surface area contributed by atoms with Gasteiger partial charge in [-0.25, -0.2) is 4.38 Å². The monoisotopic (exact) mass is 215 g/mol. The van der Waals surface area contributed by atoms with Crippen molar-refractivity contribution in [2.75, 3.05) is 0 Å². The average Bonchev–Trinajstić information content (AvgIpc) is 1.94. The van der Waals surface area contributed by atoms with Gasteiger partial charge in [0.15, 0.2) is 0 Å². The predicted octanol–water partition coefficient (Wildman–Crippen LogP) is 2.73. The molecular weight excluding hydrogens is 210 g/mol. The van der Waals surface area contributed by atoms with E-state index >= 15 is 0 Å². The minimum atomic E-state index is 0.223. The molecule has 0 radical (unpaired) electrons. The summed E-state index contributed by atoms with van der Waals surface area (Å²) in [5.41, 5.74) is 1.77. The molecule has 0 aliphatic carbocycles. The van der Waals surface area contributed by atoms with Crippen molar-refractivity contribution in [3.63, 3.8) is 0 Å². The van der Waals surface area contributed by atoms with Gasteiger partial charge in [0, 0.05) is 5.02 Å². The molecule has 1 aromatic carbocycles. The zero-order chi connectivity index (χ0) is 9.14. The molecule has 1 rings (SSSR count). The second-order valence-electron chi connectivity index (χ2n) is 2.31. The normalized spacial score (nSPS) is 9.50. The van der Waals surface area contributed by atoms with Gasteiger partial charge in [-0.3, -0.25) is 0 Å². The highest BCUT2D eigenvalue weighted by molar-refractivity contribution is 8.05. The summed E-state index contributed by atoms with van der Waals surface area (Å²) in [5, 5.41) is 0.696. The van der Waals surface area contributed by atoms with Crippen LogP contribution in [0.15, 0.2) is 23.2 Å². The lowest BCUT2D eigenvalue weighted by Crippen LogP contribution is -1.83. The first-order chi connectivity index (χ1) is 5.59. The van der Waals surface area contributed by atoms with Gasteiger partial charge in [0.25, 0.3) is 0 Å². The molecule has 0 N–H and O–H groups in total. The summed E-state index contributed by atoms with van der Waals surface area (Å²) in [7, 11) is 0. The third kappa shape index (κ3) is 2.59. The van der Waals surface area contributed by atoms with Crippen LogP contribution in [0.25, 0.3) is 0 Å². The van der Waals surface area contributed by atoms with Crippen molar-refractivity contribution < 1.29 is 0 Å². The van der Waals surface area contributed by atoms with Crippen molar-refractivity contribution in [3.05, 3.63) is 28.8 Å². The Hall–Kier alpha value is -0.380.